The lowest BCUT2D eigenvalue weighted by molar-refractivity contribution is -0.114. The van der Waals surface area contributed by atoms with Gasteiger partial charge in [0.2, 0.25) is 0 Å². The summed E-state index contributed by atoms with van der Waals surface area (Å²) in [5, 5.41) is 14.0. The molecule has 2 aromatic carbocycles. The number of rotatable bonds is 2. The number of halogens is 4. The molecule has 0 fully saturated rings. The topological polar surface area (TPSA) is 52.9 Å². The molecule has 0 radical (unpaired) electrons. The molecule has 8 heteroatoms. The van der Waals surface area contributed by atoms with E-state index in [1.54, 1.807) is 18.2 Å². The van der Waals surface area contributed by atoms with Gasteiger partial charge < -0.3 is 5.11 Å². The van der Waals surface area contributed by atoms with E-state index in [1.807, 2.05) is 0 Å². The number of benzene rings is 2. The largest absolute Gasteiger partial charge is 0.507 e. The van der Waals surface area contributed by atoms with Gasteiger partial charge in [-0.2, -0.15) is 23.3 Å². The first-order chi connectivity index (χ1) is 11.8. The van der Waals surface area contributed by atoms with Crippen molar-refractivity contribution in [1.29, 1.82) is 0 Å². The molecule has 0 atom stereocenters. The van der Waals surface area contributed by atoms with Crippen LogP contribution in [0.2, 0.25) is 0 Å². The molecule has 0 aromatic heterocycles. The highest BCUT2D eigenvalue weighted by Crippen LogP contribution is 2.34. The van der Waals surface area contributed by atoms with Crippen LogP contribution in [0.4, 0.5) is 18.9 Å². The average molecular weight is 411 g/mol. The molecule has 1 heterocycles. The summed E-state index contributed by atoms with van der Waals surface area (Å²) < 4.78 is 40.5. The number of nitrogens with zero attached hydrogens (tertiary/aromatic N) is 2. The molecule has 128 valence electrons. The maximum atomic E-state index is 13.3. The van der Waals surface area contributed by atoms with Crippen LogP contribution < -0.4 is 5.01 Å². The molecule has 4 nitrogen and oxygen atoms in total. The number of para-hydroxylation sites is 1. The minimum atomic E-state index is -4.81. The second-order valence-electron chi connectivity index (χ2n) is 5.16. The summed E-state index contributed by atoms with van der Waals surface area (Å²) in [6.07, 6.45) is -3.83. The molecule has 0 saturated heterocycles. The minimum Gasteiger partial charge on any atom is -0.507 e. The van der Waals surface area contributed by atoms with E-state index in [0.29, 0.717) is 9.48 Å². The van der Waals surface area contributed by atoms with Gasteiger partial charge in [-0.05, 0) is 36.4 Å². The zero-order chi connectivity index (χ0) is 18.2. The lowest BCUT2D eigenvalue weighted by atomic mass is 10.1. The predicted molar refractivity (Wildman–Crippen MR) is 91.2 cm³/mol. The Hall–Kier alpha value is -2.61. The van der Waals surface area contributed by atoms with Crippen LogP contribution in [0.5, 0.6) is 5.75 Å². The molecule has 2 aromatic rings. The van der Waals surface area contributed by atoms with Crippen LogP contribution in [-0.2, 0) is 4.79 Å². The Morgan fingerprint density at radius 2 is 1.80 bits per heavy atom. The smallest absolute Gasteiger partial charge is 0.435 e. The predicted octanol–water partition coefficient (Wildman–Crippen LogP) is 4.50. The van der Waals surface area contributed by atoms with Crippen molar-refractivity contribution in [2.45, 2.75) is 6.18 Å². The van der Waals surface area contributed by atoms with E-state index in [0.717, 1.165) is 6.08 Å². The molecular formula is C17H10BrF3N2O2. The number of hydrogen-bond acceptors (Lipinski definition) is 3. The van der Waals surface area contributed by atoms with Crippen LogP contribution in [0.15, 0.2) is 63.7 Å². The molecule has 25 heavy (non-hydrogen) atoms. The van der Waals surface area contributed by atoms with E-state index in [1.165, 1.54) is 30.3 Å². The number of hydrogen-bond donors (Lipinski definition) is 1. The van der Waals surface area contributed by atoms with Crippen molar-refractivity contribution >= 4 is 39.3 Å². The van der Waals surface area contributed by atoms with E-state index < -0.39 is 23.4 Å². The van der Waals surface area contributed by atoms with Crippen LogP contribution in [-0.4, -0.2) is 22.9 Å². The lowest BCUT2D eigenvalue weighted by Gasteiger charge is -2.11. The molecule has 0 bridgehead atoms. The molecule has 0 saturated carbocycles. The normalized spacial score (nSPS) is 16.5. The number of carbonyl (C=O) groups excluding carboxylic acids is 1. The highest BCUT2D eigenvalue weighted by Gasteiger charge is 2.46. The molecule has 1 aliphatic rings. The Morgan fingerprint density at radius 1 is 1.12 bits per heavy atom. The fourth-order valence-electron chi connectivity index (χ4n) is 2.29. The molecule has 1 N–H and O–H groups in total. The van der Waals surface area contributed by atoms with Crippen molar-refractivity contribution in [1.82, 2.24) is 0 Å². The van der Waals surface area contributed by atoms with Crippen molar-refractivity contribution in [3.63, 3.8) is 0 Å². The number of amides is 1. The summed E-state index contributed by atoms with van der Waals surface area (Å²) in [6.45, 7) is 0. The van der Waals surface area contributed by atoms with Crippen molar-refractivity contribution in [3.05, 3.63) is 64.1 Å². The third-order valence-corrected chi connectivity index (χ3v) is 3.93. The summed E-state index contributed by atoms with van der Waals surface area (Å²) >= 11 is 3.18. The first-order valence-corrected chi connectivity index (χ1v) is 7.82. The second-order valence-corrected chi connectivity index (χ2v) is 6.08. The Bertz CT molecular complexity index is 893. The van der Waals surface area contributed by atoms with Gasteiger partial charge in [-0.25, -0.2) is 0 Å². The lowest BCUT2D eigenvalue weighted by Crippen LogP contribution is -2.25. The van der Waals surface area contributed by atoms with Crippen LogP contribution >= 0.6 is 15.9 Å². The molecule has 1 aliphatic heterocycles. The van der Waals surface area contributed by atoms with Gasteiger partial charge in [0.1, 0.15) is 5.75 Å². The van der Waals surface area contributed by atoms with Gasteiger partial charge in [0.15, 0.2) is 5.71 Å². The molecule has 0 aliphatic carbocycles. The highest BCUT2D eigenvalue weighted by molar-refractivity contribution is 9.10. The zero-order valence-corrected chi connectivity index (χ0v) is 14.0. The van der Waals surface area contributed by atoms with Gasteiger partial charge in [-0.3, -0.25) is 4.79 Å². The number of phenolic OH excluding ortho intramolecular Hbond substituents is 1. The van der Waals surface area contributed by atoms with Crippen LogP contribution in [0.1, 0.15) is 5.56 Å². The summed E-state index contributed by atoms with van der Waals surface area (Å²) in [6, 6.07) is 12.1. The zero-order valence-electron chi connectivity index (χ0n) is 12.5. The molecule has 0 spiro atoms. The maximum absolute atomic E-state index is 13.3. The number of phenols is 1. The molecular weight excluding hydrogens is 401 g/mol. The van der Waals surface area contributed by atoms with Gasteiger partial charge in [-0.1, -0.05) is 34.1 Å². The Morgan fingerprint density at radius 3 is 2.44 bits per heavy atom. The fourth-order valence-corrected chi connectivity index (χ4v) is 2.67. The van der Waals surface area contributed by atoms with Gasteiger partial charge in [0.05, 0.1) is 11.3 Å². The molecule has 0 unspecified atom stereocenters. The number of alkyl halides is 3. The standard InChI is InChI=1S/C17H10BrF3N2O2/c18-11-6-7-14(24)10(8-11)9-13-15(17(19,20)21)22-23(16(13)25)12-4-2-1-3-5-12/h1-9,24H/b13-9-. The first-order valence-electron chi connectivity index (χ1n) is 7.03. The van der Waals surface area contributed by atoms with Crippen molar-refractivity contribution < 1.29 is 23.1 Å². The fraction of sp³-hybridized carbons (Fsp3) is 0.0588. The van der Waals surface area contributed by atoms with Crippen LogP contribution in [0.3, 0.4) is 0 Å². The van der Waals surface area contributed by atoms with E-state index in [2.05, 4.69) is 21.0 Å². The van der Waals surface area contributed by atoms with E-state index in [-0.39, 0.29) is 17.0 Å². The van der Waals surface area contributed by atoms with Gasteiger partial charge in [0, 0.05) is 10.0 Å². The Balaban J connectivity index is 2.12. The SMILES string of the molecule is O=C1/C(=C\c2cc(Br)ccc2O)C(C(F)(F)F)=NN1c1ccccc1. The summed E-state index contributed by atoms with van der Waals surface area (Å²) in [4.78, 5) is 12.5. The second kappa shape index (κ2) is 6.36. The third kappa shape index (κ3) is 3.43. The summed E-state index contributed by atoms with van der Waals surface area (Å²) in [7, 11) is 0. The van der Waals surface area contributed by atoms with Gasteiger partial charge in [0.25, 0.3) is 5.91 Å². The average Bonchev–Trinajstić information content (AvgIpc) is 2.89. The van der Waals surface area contributed by atoms with Crippen molar-refractivity contribution in [2.75, 3.05) is 5.01 Å². The quantitative estimate of drug-likeness (QED) is 0.740. The van der Waals surface area contributed by atoms with Crippen molar-refractivity contribution in [3.8, 4) is 5.75 Å². The maximum Gasteiger partial charge on any atom is 0.435 e. The van der Waals surface area contributed by atoms with E-state index >= 15 is 0 Å². The van der Waals surface area contributed by atoms with E-state index in [4.69, 9.17) is 0 Å². The van der Waals surface area contributed by atoms with Crippen LogP contribution in [0.25, 0.3) is 6.08 Å². The van der Waals surface area contributed by atoms with Crippen molar-refractivity contribution in [2.24, 2.45) is 5.10 Å². The van der Waals surface area contributed by atoms with Crippen LogP contribution in [0, 0.1) is 0 Å². The molecule has 1 amide bonds. The Labute approximate surface area is 149 Å². The highest BCUT2D eigenvalue weighted by atomic mass is 79.9. The number of anilines is 1. The van der Waals surface area contributed by atoms with E-state index in [9.17, 15) is 23.1 Å². The summed E-state index contributed by atoms with van der Waals surface area (Å²) in [5.74, 6) is -1.17. The number of aromatic hydroxyl groups is 1. The molecule has 3 rings (SSSR count). The first kappa shape index (κ1) is 17.2. The Kier molecular flexibility index (Phi) is 4.38. The number of hydrazone groups is 1. The third-order valence-electron chi connectivity index (χ3n) is 3.44. The van der Waals surface area contributed by atoms with Gasteiger partial charge in [-0.15, -0.1) is 0 Å². The number of carbonyl (C=O) groups is 1. The van der Waals surface area contributed by atoms with Gasteiger partial charge >= 0.3 is 6.18 Å². The monoisotopic (exact) mass is 410 g/mol. The summed E-state index contributed by atoms with van der Waals surface area (Å²) in [5.41, 5.74) is -1.65. The minimum absolute atomic E-state index is 0.0737.